The molecular formula is C41H53N3O6. The van der Waals surface area contributed by atoms with Gasteiger partial charge in [-0.3, -0.25) is 4.79 Å². The fourth-order valence-corrected chi connectivity index (χ4v) is 6.12. The molecule has 0 unspecified atom stereocenters. The molecule has 2 aliphatic carbocycles. The predicted molar refractivity (Wildman–Crippen MR) is 200 cm³/mol. The van der Waals surface area contributed by atoms with E-state index in [4.69, 9.17) is 25.4 Å². The highest BCUT2D eigenvalue weighted by Crippen LogP contribution is 2.45. The molecule has 0 saturated carbocycles. The maximum Gasteiger partial charge on any atom is 0.407 e. The summed E-state index contributed by atoms with van der Waals surface area (Å²) in [5.41, 5.74) is 14.6. The molecule has 0 radical (unpaired) electrons. The molecule has 9 heteroatoms. The van der Waals surface area contributed by atoms with Crippen LogP contribution in [0.15, 0.2) is 97.1 Å². The third-order valence-corrected chi connectivity index (χ3v) is 8.61. The predicted octanol–water partition coefficient (Wildman–Crippen LogP) is 6.16. The van der Waals surface area contributed by atoms with Crippen LogP contribution in [0, 0.1) is 0 Å². The van der Waals surface area contributed by atoms with Crippen molar-refractivity contribution in [3.05, 3.63) is 119 Å². The largest absolute Gasteiger partial charge is 0.465 e. The molecule has 0 aliphatic heterocycles. The molecule has 1 amide bonds. The molecule has 0 aromatic heterocycles. The maximum atomic E-state index is 11.5. The Balaban J connectivity index is 0.000000211. The van der Waals surface area contributed by atoms with E-state index in [0.717, 1.165) is 0 Å². The van der Waals surface area contributed by atoms with Gasteiger partial charge in [0.05, 0.1) is 13.2 Å². The first-order chi connectivity index (χ1) is 24.3. The number of amides is 1. The Morgan fingerprint density at radius 1 is 0.640 bits per heavy atom. The minimum atomic E-state index is -0.495. The molecule has 0 atom stereocenters. The quantitative estimate of drug-likeness (QED) is 0.146. The summed E-state index contributed by atoms with van der Waals surface area (Å²) < 4.78 is 10.5. The summed E-state index contributed by atoms with van der Waals surface area (Å²) in [7, 11) is 0. The number of alkyl carbamates (subject to hydrolysis) is 1. The molecule has 2 aliphatic rings. The van der Waals surface area contributed by atoms with E-state index in [2.05, 4.69) is 79.5 Å². The highest BCUT2D eigenvalue weighted by Gasteiger charge is 2.30. The average Bonchev–Trinajstić information content (AvgIpc) is 3.66. The van der Waals surface area contributed by atoms with Crippen LogP contribution in [0.5, 0.6) is 0 Å². The number of nitrogens with one attached hydrogen (secondary N) is 1. The van der Waals surface area contributed by atoms with E-state index in [9.17, 15) is 9.59 Å². The Morgan fingerprint density at radius 3 is 1.26 bits per heavy atom. The Bertz CT molecular complexity index is 1520. The Kier molecular flexibility index (Phi) is 17.2. The Labute approximate surface area is 297 Å². The van der Waals surface area contributed by atoms with E-state index in [1.54, 1.807) is 0 Å². The van der Waals surface area contributed by atoms with E-state index < -0.39 is 6.09 Å². The van der Waals surface area contributed by atoms with E-state index in [1.807, 2.05) is 48.5 Å². The molecule has 0 saturated heterocycles. The highest BCUT2D eigenvalue weighted by atomic mass is 16.5. The van der Waals surface area contributed by atoms with E-state index in [1.165, 1.54) is 71.1 Å². The second kappa shape index (κ2) is 21.5. The van der Waals surface area contributed by atoms with Gasteiger partial charge in [0.2, 0.25) is 0 Å². The van der Waals surface area contributed by atoms with Crippen molar-refractivity contribution in [3.8, 4) is 22.3 Å². The fourth-order valence-electron chi connectivity index (χ4n) is 6.12. The number of rotatable bonds is 10. The molecule has 6 rings (SSSR count). The number of aliphatic hydroxyl groups is 2. The number of nitrogens with zero attached hydrogens (tertiary/aromatic N) is 1. The topological polar surface area (TPSA) is 134 Å². The Hall–Kier alpha value is -4.54. The van der Waals surface area contributed by atoms with Gasteiger partial charge in [0.1, 0.15) is 13.2 Å². The van der Waals surface area contributed by atoms with Gasteiger partial charge in [0.15, 0.2) is 0 Å². The lowest BCUT2D eigenvalue weighted by atomic mass is 9.98. The smallest absolute Gasteiger partial charge is 0.407 e. The van der Waals surface area contributed by atoms with E-state index in [0.29, 0.717) is 19.8 Å². The first-order valence-electron chi connectivity index (χ1n) is 17.4. The number of aliphatic hydroxyl groups excluding tert-OH is 2. The summed E-state index contributed by atoms with van der Waals surface area (Å²) in [6, 6.07) is 33.0. The van der Waals surface area contributed by atoms with Gasteiger partial charge in [-0.2, -0.15) is 0 Å². The SMILES string of the molecule is CC(=O)OCC1c2ccccc2-c2ccccc21.CCN(CC)CC.NCCO.O=C(NCCO)OCC1c2ccccc2-c2ccccc21. The van der Waals surface area contributed by atoms with Crippen molar-refractivity contribution in [2.24, 2.45) is 5.73 Å². The molecule has 268 valence electrons. The minimum Gasteiger partial charge on any atom is -0.465 e. The number of esters is 1. The van der Waals surface area contributed by atoms with Gasteiger partial charge < -0.3 is 35.6 Å². The van der Waals surface area contributed by atoms with Gasteiger partial charge >= 0.3 is 12.1 Å². The van der Waals surface area contributed by atoms with Crippen molar-refractivity contribution < 1.29 is 29.3 Å². The number of ether oxygens (including phenoxy) is 2. The molecule has 4 aromatic carbocycles. The summed E-state index contributed by atoms with van der Waals surface area (Å²) in [6.07, 6.45) is -0.495. The summed E-state index contributed by atoms with van der Waals surface area (Å²) in [5, 5.41) is 18.9. The van der Waals surface area contributed by atoms with Crippen LogP contribution in [0.1, 0.15) is 61.8 Å². The van der Waals surface area contributed by atoms with Crippen LogP contribution < -0.4 is 11.1 Å². The second-order valence-corrected chi connectivity index (χ2v) is 11.6. The van der Waals surface area contributed by atoms with Crippen molar-refractivity contribution in [1.82, 2.24) is 10.2 Å². The number of hydrogen-bond acceptors (Lipinski definition) is 8. The van der Waals surface area contributed by atoms with Crippen LogP contribution in [0.3, 0.4) is 0 Å². The lowest BCUT2D eigenvalue weighted by molar-refractivity contribution is -0.141. The Morgan fingerprint density at radius 2 is 0.980 bits per heavy atom. The van der Waals surface area contributed by atoms with Gasteiger partial charge in [-0.1, -0.05) is 118 Å². The van der Waals surface area contributed by atoms with E-state index >= 15 is 0 Å². The molecular weight excluding hydrogens is 630 g/mol. The van der Waals surface area contributed by atoms with E-state index in [-0.39, 0.29) is 37.6 Å². The van der Waals surface area contributed by atoms with Gasteiger partial charge in [-0.25, -0.2) is 4.79 Å². The van der Waals surface area contributed by atoms with Gasteiger partial charge in [0.25, 0.3) is 0 Å². The molecule has 9 nitrogen and oxygen atoms in total. The summed E-state index contributed by atoms with van der Waals surface area (Å²) in [4.78, 5) is 24.9. The van der Waals surface area contributed by atoms with Crippen molar-refractivity contribution >= 4 is 12.1 Å². The maximum absolute atomic E-state index is 11.5. The summed E-state index contributed by atoms with van der Waals surface area (Å²) in [5.74, 6) is 0.00967. The zero-order valence-corrected chi connectivity index (χ0v) is 29.8. The monoisotopic (exact) mass is 683 g/mol. The minimum absolute atomic E-state index is 0.0669. The molecule has 50 heavy (non-hydrogen) atoms. The summed E-state index contributed by atoms with van der Waals surface area (Å²) >= 11 is 0. The molecule has 0 spiro atoms. The number of benzene rings is 4. The van der Waals surface area contributed by atoms with Gasteiger partial charge in [-0.05, 0) is 64.1 Å². The highest BCUT2D eigenvalue weighted by molar-refractivity contribution is 5.80. The summed E-state index contributed by atoms with van der Waals surface area (Å²) in [6.45, 7) is 12.9. The van der Waals surface area contributed by atoms with Crippen molar-refractivity contribution in [3.63, 3.8) is 0 Å². The lowest BCUT2D eigenvalue weighted by Crippen LogP contribution is -2.28. The molecule has 0 fully saturated rings. The molecule has 0 bridgehead atoms. The van der Waals surface area contributed by atoms with Crippen molar-refractivity contribution in [2.75, 3.05) is 59.2 Å². The average molecular weight is 684 g/mol. The third-order valence-electron chi connectivity index (χ3n) is 8.61. The van der Waals surface area contributed by atoms with Crippen LogP contribution in [-0.2, 0) is 14.3 Å². The number of nitrogens with two attached hydrogens (primary N) is 1. The number of hydrogen-bond donors (Lipinski definition) is 4. The number of carbonyl (C=O) groups is 2. The van der Waals surface area contributed by atoms with Crippen LogP contribution >= 0.6 is 0 Å². The third kappa shape index (κ3) is 11.0. The van der Waals surface area contributed by atoms with Crippen molar-refractivity contribution in [2.45, 2.75) is 39.5 Å². The zero-order chi connectivity index (χ0) is 36.3. The molecule has 4 aromatic rings. The van der Waals surface area contributed by atoms with Crippen LogP contribution in [0.2, 0.25) is 0 Å². The fraction of sp³-hybridized carbons (Fsp3) is 0.366. The number of fused-ring (bicyclic) bond motifs is 6. The second-order valence-electron chi connectivity index (χ2n) is 11.6. The van der Waals surface area contributed by atoms with Gasteiger partial charge in [0, 0.05) is 31.8 Å². The van der Waals surface area contributed by atoms with Crippen LogP contribution in [-0.4, -0.2) is 86.3 Å². The standard InChI is InChI=1S/C17H17NO3.C16H14O2.C6H15N.C2H7NO/c19-10-9-18-17(20)21-11-16-14-7-3-1-5-12(14)13-6-2-4-8-15(13)16;1-11(17)18-10-16-14-8-4-2-6-12(14)13-7-3-5-9-15(13)16;1-4-7(5-2)6-3;3-1-2-4/h1-8,16,19H,9-11H2,(H,18,20);2-9,16H,10H2,1H3;4-6H2,1-3H3;4H,1-3H2. The molecule has 0 heterocycles. The van der Waals surface area contributed by atoms with Gasteiger partial charge in [-0.15, -0.1) is 0 Å². The number of carbonyl (C=O) groups excluding carboxylic acids is 2. The van der Waals surface area contributed by atoms with Crippen LogP contribution in [0.25, 0.3) is 22.3 Å². The van der Waals surface area contributed by atoms with Crippen molar-refractivity contribution in [1.29, 1.82) is 0 Å². The first kappa shape index (κ1) is 39.9. The normalized spacial score (nSPS) is 12.0. The first-order valence-corrected chi connectivity index (χ1v) is 17.4. The zero-order valence-electron chi connectivity index (χ0n) is 29.8. The lowest BCUT2D eigenvalue weighted by Gasteiger charge is -2.14. The van der Waals surface area contributed by atoms with Crippen LogP contribution in [0.4, 0.5) is 4.79 Å². The molecule has 5 N–H and O–H groups in total.